The SMILES string of the molecule is FC1(F)CC(CN2CCCC(Cl)CC2)C1. The largest absolute Gasteiger partial charge is 0.303 e. The zero-order chi connectivity index (χ0) is 10.9. The Hall–Kier alpha value is 0.110. The first-order chi connectivity index (χ1) is 7.05. The number of alkyl halides is 3. The monoisotopic (exact) mass is 237 g/mol. The van der Waals surface area contributed by atoms with Crippen LogP contribution in [0.3, 0.4) is 0 Å². The number of halogens is 3. The molecule has 88 valence electrons. The van der Waals surface area contributed by atoms with Gasteiger partial charge in [-0.05, 0) is 38.3 Å². The van der Waals surface area contributed by atoms with Gasteiger partial charge in [0, 0.05) is 24.8 Å². The maximum absolute atomic E-state index is 12.6. The standard InChI is InChI=1S/C11H18ClF2N/c12-10-2-1-4-15(5-3-10)8-9-6-11(13,14)7-9/h9-10H,1-8H2. The fourth-order valence-electron chi connectivity index (χ4n) is 2.58. The van der Waals surface area contributed by atoms with Gasteiger partial charge in [-0.15, -0.1) is 11.6 Å². The van der Waals surface area contributed by atoms with Crippen LogP contribution in [0.2, 0.25) is 0 Å². The van der Waals surface area contributed by atoms with Crippen LogP contribution in [0.15, 0.2) is 0 Å². The first kappa shape index (κ1) is 11.6. The lowest BCUT2D eigenvalue weighted by Gasteiger charge is -2.38. The molecule has 2 fully saturated rings. The van der Waals surface area contributed by atoms with Crippen molar-refractivity contribution in [2.24, 2.45) is 5.92 Å². The van der Waals surface area contributed by atoms with Gasteiger partial charge in [0.1, 0.15) is 0 Å². The van der Waals surface area contributed by atoms with Gasteiger partial charge < -0.3 is 4.90 Å². The van der Waals surface area contributed by atoms with Gasteiger partial charge in [0.15, 0.2) is 0 Å². The number of likely N-dealkylation sites (tertiary alicyclic amines) is 1. The summed E-state index contributed by atoms with van der Waals surface area (Å²) in [5.74, 6) is -2.15. The molecule has 15 heavy (non-hydrogen) atoms. The molecule has 1 unspecified atom stereocenters. The second kappa shape index (κ2) is 4.54. The summed E-state index contributed by atoms with van der Waals surface area (Å²) < 4.78 is 25.3. The molecule has 4 heteroatoms. The minimum atomic E-state index is -2.37. The molecular weight excluding hydrogens is 220 g/mol. The number of hydrogen-bond donors (Lipinski definition) is 0. The third-order valence-corrected chi connectivity index (χ3v) is 3.88. The van der Waals surface area contributed by atoms with E-state index in [1.165, 1.54) is 0 Å². The average Bonchev–Trinajstić information content (AvgIpc) is 2.28. The van der Waals surface area contributed by atoms with Gasteiger partial charge in [-0.2, -0.15) is 0 Å². The fourth-order valence-corrected chi connectivity index (χ4v) is 2.83. The molecule has 0 amide bonds. The number of hydrogen-bond acceptors (Lipinski definition) is 1. The molecule has 0 aromatic heterocycles. The molecule has 1 saturated heterocycles. The Morgan fingerprint density at radius 1 is 1.20 bits per heavy atom. The second-order valence-corrected chi connectivity index (χ2v) is 5.58. The van der Waals surface area contributed by atoms with Crippen LogP contribution in [0.1, 0.15) is 32.1 Å². The quantitative estimate of drug-likeness (QED) is 0.667. The molecule has 1 saturated carbocycles. The lowest BCUT2D eigenvalue weighted by atomic mass is 9.81. The third kappa shape index (κ3) is 3.28. The lowest BCUT2D eigenvalue weighted by molar-refractivity contribution is -0.116. The molecule has 1 nitrogen and oxygen atoms in total. The first-order valence-corrected chi connectivity index (χ1v) is 6.23. The van der Waals surface area contributed by atoms with Crippen LogP contribution in [0, 0.1) is 5.92 Å². The predicted molar refractivity (Wildman–Crippen MR) is 57.6 cm³/mol. The van der Waals surface area contributed by atoms with Gasteiger partial charge in [0.2, 0.25) is 5.92 Å². The summed E-state index contributed by atoms with van der Waals surface area (Å²) in [5.41, 5.74) is 0. The second-order valence-electron chi connectivity index (χ2n) is 4.96. The molecule has 1 aliphatic carbocycles. The first-order valence-electron chi connectivity index (χ1n) is 5.79. The van der Waals surface area contributed by atoms with Crippen molar-refractivity contribution in [2.45, 2.75) is 43.4 Å². The van der Waals surface area contributed by atoms with Crippen molar-refractivity contribution in [3.63, 3.8) is 0 Å². The maximum atomic E-state index is 12.6. The van der Waals surface area contributed by atoms with Gasteiger partial charge in [0.05, 0.1) is 0 Å². The summed E-state index contributed by atoms with van der Waals surface area (Å²) in [6.07, 6.45) is 3.36. The van der Waals surface area contributed by atoms with E-state index in [0.717, 1.165) is 38.9 Å². The van der Waals surface area contributed by atoms with Crippen molar-refractivity contribution in [2.75, 3.05) is 19.6 Å². The highest BCUT2D eigenvalue weighted by Gasteiger charge is 2.45. The Kier molecular flexibility index (Phi) is 3.51. The van der Waals surface area contributed by atoms with E-state index in [1.807, 2.05) is 0 Å². The summed E-state index contributed by atoms with van der Waals surface area (Å²) in [5, 5.41) is 0.290. The smallest absolute Gasteiger partial charge is 0.248 e. The van der Waals surface area contributed by atoms with Gasteiger partial charge in [0.25, 0.3) is 0 Å². The van der Waals surface area contributed by atoms with Crippen LogP contribution < -0.4 is 0 Å². The zero-order valence-electron chi connectivity index (χ0n) is 8.89. The Bertz CT molecular complexity index is 215. The highest BCUT2D eigenvalue weighted by molar-refractivity contribution is 6.20. The summed E-state index contributed by atoms with van der Waals surface area (Å²) in [6.45, 7) is 2.86. The Labute approximate surface area is 94.8 Å². The average molecular weight is 238 g/mol. The van der Waals surface area contributed by atoms with Gasteiger partial charge in [-0.1, -0.05) is 0 Å². The maximum Gasteiger partial charge on any atom is 0.248 e. The highest BCUT2D eigenvalue weighted by atomic mass is 35.5. The van der Waals surface area contributed by atoms with E-state index in [2.05, 4.69) is 4.90 Å². The summed E-state index contributed by atoms with van der Waals surface area (Å²) in [4.78, 5) is 2.31. The van der Waals surface area contributed by atoms with E-state index in [9.17, 15) is 8.78 Å². The van der Waals surface area contributed by atoms with E-state index in [-0.39, 0.29) is 24.1 Å². The van der Waals surface area contributed by atoms with Crippen molar-refractivity contribution in [3.8, 4) is 0 Å². The number of rotatable bonds is 2. The molecule has 1 aliphatic heterocycles. The van der Waals surface area contributed by atoms with Crippen LogP contribution in [0.4, 0.5) is 8.78 Å². The minimum absolute atomic E-state index is 0.0911. The molecule has 1 atom stereocenters. The van der Waals surface area contributed by atoms with E-state index in [1.54, 1.807) is 0 Å². The Morgan fingerprint density at radius 2 is 1.93 bits per heavy atom. The van der Waals surface area contributed by atoms with E-state index >= 15 is 0 Å². The molecule has 0 bridgehead atoms. The van der Waals surface area contributed by atoms with E-state index < -0.39 is 5.92 Å². The molecule has 0 spiro atoms. The van der Waals surface area contributed by atoms with Crippen LogP contribution in [-0.2, 0) is 0 Å². The molecule has 0 N–H and O–H groups in total. The summed E-state index contributed by atoms with van der Waals surface area (Å²) in [6, 6.07) is 0. The van der Waals surface area contributed by atoms with Crippen LogP contribution in [0.5, 0.6) is 0 Å². The van der Waals surface area contributed by atoms with Crippen molar-refractivity contribution in [3.05, 3.63) is 0 Å². The number of nitrogens with zero attached hydrogens (tertiary/aromatic N) is 1. The van der Waals surface area contributed by atoms with Gasteiger partial charge in [-0.25, -0.2) is 8.78 Å². The highest BCUT2D eigenvalue weighted by Crippen LogP contribution is 2.42. The molecule has 1 heterocycles. The lowest BCUT2D eigenvalue weighted by Crippen LogP contribution is -2.42. The fraction of sp³-hybridized carbons (Fsp3) is 1.00. The van der Waals surface area contributed by atoms with Crippen molar-refractivity contribution < 1.29 is 8.78 Å². The van der Waals surface area contributed by atoms with Crippen LogP contribution >= 0.6 is 11.6 Å². The Morgan fingerprint density at radius 3 is 2.60 bits per heavy atom. The molecule has 0 aromatic carbocycles. The van der Waals surface area contributed by atoms with Gasteiger partial charge >= 0.3 is 0 Å². The summed E-state index contributed by atoms with van der Waals surface area (Å²) in [7, 11) is 0. The molecule has 0 aromatic rings. The van der Waals surface area contributed by atoms with Gasteiger partial charge in [-0.3, -0.25) is 0 Å². The molecule has 2 aliphatic rings. The topological polar surface area (TPSA) is 3.24 Å². The summed E-state index contributed by atoms with van der Waals surface area (Å²) >= 11 is 6.07. The van der Waals surface area contributed by atoms with Crippen molar-refractivity contribution in [1.82, 2.24) is 4.90 Å². The zero-order valence-corrected chi connectivity index (χ0v) is 9.65. The van der Waals surface area contributed by atoms with Crippen LogP contribution in [0.25, 0.3) is 0 Å². The normalized spacial score (nSPS) is 33.4. The van der Waals surface area contributed by atoms with Crippen molar-refractivity contribution in [1.29, 1.82) is 0 Å². The van der Waals surface area contributed by atoms with Crippen LogP contribution in [-0.4, -0.2) is 35.8 Å². The third-order valence-electron chi connectivity index (χ3n) is 3.44. The molecule has 0 radical (unpaired) electrons. The predicted octanol–water partition coefficient (Wildman–Crippen LogP) is 3.13. The Balaban J connectivity index is 1.71. The van der Waals surface area contributed by atoms with E-state index in [4.69, 9.17) is 11.6 Å². The van der Waals surface area contributed by atoms with E-state index in [0.29, 0.717) is 0 Å². The molecular formula is C11H18ClF2N. The minimum Gasteiger partial charge on any atom is -0.303 e. The van der Waals surface area contributed by atoms with Crippen molar-refractivity contribution >= 4 is 11.6 Å². The molecule has 2 rings (SSSR count).